The second-order valence-corrected chi connectivity index (χ2v) is 16.6. The average Bonchev–Trinajstić information content (AvgIpc) is 3.10. The van der Waals surface area contributed by atoms with Gasteiger partial charge in [0.15, 0.2) is 6.29 Å². The van der Waals surface area contributed by atoms with Gasteiger partial charge in [-0.05, 0) is 6.42 Å². The fraction of sp³-hybridized carbons (Fsp3) is 0.955. The smallest absolute Gasteiger partial charge is 0.305 e. The van der Waals surface area contributed by atoms with E-state index in [2.05, 4.69) is 6.92 Å². The second kappa shape index (κ2) is 38.1. The number of likely N-dealkylation sites (N-methyl/N-ethyl adjacent to an activating group) is 1. The number of carbonyl (C=O) groups is 2. The lowest BCUT2D eigenvalue weighted by molar-refractivity contribution is -0.870. The zero-order valence-corrected chi connectivity index (χ0v) is 35.0. The van der Waals surface area contributed by atoms with Gasteiger partial charge in [0.2, 0.25) is 0 Å². The Labute approximate surface area is 322 Å². The molecule has 0 aromatic carbocycles. The standard InChI is InChI=1S/C44H87NO7/c1-5-6-7-8-9-10-11-12-13-14-15-16-17-18-19-20-21-22-23-24-25-26-27-28-29-30-31-32-33-34-35-36-42(47)51-39-41(46)40-52-44(43(48)49)50-38-37-45(2,3)4/h41,44,46H,5-40H2,1-4H3. The summed E-state index contributed by atoms with van der Waals surface area (Å²) < 4.78 is 16.0. The Kier molecular flexibility index (Phi) is 37.2. The molecule has 0 aliphatic rings. The number of ether oxygens (including phenoxy) is 3. The fourth-order valence-electron chi connectivity index (χ4n) is 6.59. The molecule has 0 aliphatic carbocycles. The minimum atomic E-state index is -1.57. The van der Waals surface area contributed by atoms with Crippen molar-refractivity contribution in [3.05, 3.63) is 0 Å². The number of hydrogen-bond donors (Lipinski definition) is 1. The van der Waals surface area contributed by atoms with Crippen molar-refractivity contribution in [2.75, 3.05) is 47.5 Å². The van der Waals surface area contributed by atoms with Crippen molar-refractivity contribution >= 4 is 11.9 Å². The predicted octanol–water partition coefficient (Wildman–Crippen LogP) is 10.2. The van der Waals surface area contributed by atoms with Gasteiger partial charge in [0, 0.05) is 6.42 Å². The summed E-state index contributed by atoms with van der Waals surface area (Å²) in [6, 6.07) is 0. The lowest BCUT2D eigenvalue weighted by atomic mass is 10.0. The Morgan fingerprint density at radius 3 is 1.15 bits per heavy atom. The van der Waals surface area contributed by atoms with Crippen molar-refractivity contribution in [2.45, 2.75) is 225 Å². The zero-order chi connectivity index (χ0) is 38.4. The number of carbonyl (C=O) groups excluding carboxylic acids is 2. The number of carboxylic acids is 1. The molecular weight excluding hydrogens is 654 g/mol. The van der Waals surface area contributed by atoms with Crippen LogP contribution in [-0.2, 0) is 23.8 Å². The fourth-order valence-corrected chi connectivity index (χ4v) is 6.59. The first-order valence-electron chi connectivity index (χ1n) is 22.2. The summed E-state index contributed by atoms with van der Waals surface area (Å²) in [7, 11) is 5.88. The number of unbranched alkanes of at least 4 members (excludes halogenated alkanes) is 30. The van der Waals surface area contributed by atoms with Crippen LogP contribution in [0.15, 0.2) is 0 Å². The molecule has 0 bridgehead atoms. The first-order valence-corrected chi connectivity index (χ1v) is 22.2. The highest BCUT2D eigenvalue weighted by atomic mass is 16.7. The summed E-state index contributed by atoms with van der Waals surface area (Å²) in [6.45, 7) is 2.50. The van der Waals surface area contributed by atoms with Crippen molar-refractivity contribution in [3.63, 3.8) is 0 Å². The van der Waals surface area contributed by atoms with Crippen LogP contribution in [0.1, 0.15) is 212 Å². The second-order valence-electron chi connectivity index (χ2n) is 16.6. The SMILES string of the molecule is CCCCCCCCCCCCCCCCCCCCCCCCCCCCCCCCCC(=O)OCC(O)COC(OCC[N+](C)(C)C)C(=O)[O-]. The van der Waals surface area contributed by atoms with Crippen LogP contribution in [0.4, 0.5) is 0 Å². The normalized spacial score (nSPS) is 13.0. The summed E-state index contributed by atoms with van der Waals surface area (Å²) >= 11 is 0. The van der Waals surface area contributed by atoms with E-state index in [1.807, 2.05) is 21.1 Å². The molecule has 0 heterocycles. The molecule has 0 rings (SSSR count). The van der Waals surface area contributed by atoms with Crippen LogP contribution in [0.3, 0.4) is 0 Å². The number of nitrogens with zero attached hydrogens (tertiary/aromatic N) is 1. The maximum atomic E-state index is 12.0. The average molecular weight is 742 g/mol. The van der Waals surface area contributed by atoms with E-state index in [4.69, 9.17) is 14.2 Å². The maximum absolute atomic E-state index is 12.0. The van der Waals surface area contributed by atoms with Crippen molar-refractivity contribution in [3.8, 4) is 0 Å². The summed E-state index contributed by atoms with van der Waals surface area (Å²) in [4.78, 5) is 23.2. The lowest BCUT2D eigenvalue weighted by Crippen LogP contribution is -2.44. The molecule has 8 heteroatoms. The van der Waals surface area contributed by atoms with Gasteiger partial charge in [-0.15, -0.1) is 0 Å². The summed E-state index contributed by atoms with van der Waals surface area (Å²) in [5.41, 5.74) is 0. The number of hydrogen-bond acceptors (Lipinski definition) is 7. The topological polar surface area (TPSA) is 105 Å². The largest absolute Gasteiger partial charge is 0.545 e. The molecule has 0 radical (unpaired) electrons. The van der Waals surface area contributed by atoms with Crippen molar-refractivity contribution in [1.29, 1.82) is 0 Å². The zero-order valence-electron chi connectivity index (χ0n) is 35.0. The van der Waals surface area contributed by atoms with E-state index in [0.717, 1.165) is 19.3 Å². The molecular formula is C44H87NO7. The van der Waals surface area contributed by atoms with E-state index >= 15 is 0 Å². The van der Waals surface area contributed by atoms with Gasteiger partial charge in [-0.25, -0.2) is 0 Å². The molecule has 8 nitrogen and oxygen atoms in total. The van der Waals surface area contributed by atoms with Gasteiger partial charge in [0.05, 0.1) is 40.3 Å². The Hall–Kier alpha value is -1.22. The van der Waals surface area contributed by atoms with Gasteiger partial charge in [0.25, 0.3) is 0 Å². The molecule has 0 fully saturated rings. The third-order valence-electron chi connectivity index (χ3n) is 10.1. The minimum absolute atomic E-state index is 0.174. The Morgan fingerprint density at radius 1 is 0.519 bits per heavy atom. The van der Waals surface area contributed by atoms with E-state index in [1.54, 1.807) is 0 Å². The van der Waals surface area contributed by atoms with Gasteiger partial charge in [-0.1, -0.05) is 200 Å². The van der Waals surface area contributed by atoms with Crippen LogP contribution in [0.2, 0.25) is 0 Å². The van der Waals surface area contributed by atoms with E-state index < -0.39 is 18.4 Å². The molecule has 0 aliphatic heterocycles. The van der Waals surface area contributed by atoms with Crippen LogP contribution in [0.5, 0.6) is 0 Å². The molecule has 0 saturated heterocycles. The van der Waals surface area contributed by atoms with Crippen LogP contribution in [-0.4, -0.2) is 81.4 Å². The third-order valence-corrected chi connectivity index (χ3v) is 10.1. The number of quaternary nitrogens is 1. The minimum Gasteiger partial charge on any atom is -0.545 e. The first-order chi connectivity index (χ1) is 25.2. The highest BCUT2D eigenvalue weighted by Crippen LogP contribution is 2.17. The summed E-state index contributed by atoms with van der Waals surface area (Å²) in [5, 5.41) is 21.2. The van der Waals surface area contributed by atoms with E-state index in [9.17, 15) is 19.8 Å². The summed E-state index contributed by atoms with van der Waals surface area (Å²) in [5.74, 6) is -1.86. The van der Waals surface area contributed by atoms with Gasteiger partial charge in [-0.3, -0.25) is 4.79 Å². The molecule has 0 amide bonds. The number of carboxylic acid groups (broad SMARTS) is 1. The van der Waals surface area contributed by atoms with Crippen LogP contribution < -0.4 is 5.11 Å². The maximum Gasteiger partial charge on any atom is 0.305 e. The number of aliphatic hydroxyl groups is 1. The lowest BCUT2D eigenvalue weighted by Gasteiger charge is -2.26. The molecule has 310 valence electrons. The molecule has 0 spiro atoms. The number of aliphatic hydroxyl groups excluding tert-OH is 1. The highest BCUT2D eigenvalue weighted by molar-refractivity contribution is 5.69. The molecule has 0 aromatic rings. The highest BCUT2D eigenvalue weighted by Gasteiger charge is 2.17. The molecule has 2 atom stereocenters. The Morgan fingerprint density at radius 2 is 0.846 bits per heavy atom. The van der Waals surface area contributed by atoms with E-state index in [0.29, 0.717) is 17.4 Å². The predicted molar refractivity (Wildman–Crippen MR) is 214 cm³/mol. The molecule has 0 saturated carbocycles. The van der Waals surface area contributed by atoms with Gasteiger partial charge < -0.3 is 33.7 Å². The van der Waals surface area contributed by atoms with Crippen LogP contribution >= 0.6 is 0 Å². The Balaban J connectivity index is 3.34. The number of esters is 1. The molecule has 0 aromatic heterocycles. The van der Waals surface area contributed by atoms with Crippen molar-refractivity contribution < 1.29 is 38.5 Å². The van der Waals surface area contributed by atoms with Crippen molar-refractivity contribution in [1.82, 2.24) is 0 Å². The molecule has 1 N–H and O–H groups in total. The van der Waals surface area contributed by atoms with Crippen molar-refractivity contribution in [2.24, 2.45) is 0 Å². The Bertz CT molecular complexity index is 772. The summed E-state index contributed by atoms with van der Waals surface area (Å²) in [6.07, 6.45) is 40.1. The van der Waals surface area contributed by atoms with Crippen LogP contribution in [0, 0.1) is 0 Å². The van der Waals surface area contributed by atoms with Gasteiger partial charge in [-0.2, -0.15) is 0 Å². The van der Waals surface area contributed by atoms with Gasteiger partial charge >= 0.3 is 5.97 Å². The monoisotopic (exact) mass is 742 g/mol. The first kappa shape index (κ1) is 50.8. The molecule has 52 heavy (non-hydrogen) atoms. The van der Waals surface area contributed by atoms with Gasteiger partial charge in [0.1, 0.15) is 19.3 Å². The number of aliphatic carboxylic acids is 1. The van der Waals surface area contributed by atoms with E-state index in [-0.39, 0.29) is 25.8 Å². The van der Waals surface area contributed by atoms with Crippen LogP contribution in [0.25, 0.3) is 0 Å². The third kappa shape index (κ3) is 40.0. The van der Waals surface area contributed by atoms with E-state index in [1.165, 1.54) is 180 Å². The number of rotatable bonds is 42. The quantitative estimate of drug-likeness (QED) is 0.0287. The molecule has 2 unspecified atom stereocenters.